The lowest BCUT2D eigenvalue weighted by Gasteiger charge is -2.27. The van der Waals surface area contributed by atoms with E-state index >= 15 is 0 Å². The molecule has 35 heavy (non-hydrogen) atoms. The van der Waals surface area contributed by atoms with Crippen LogP contribution >= 0.6 is 0 Å². The summed E-state index contributed by atoms with van der Waals surface area (Å²) >= 11 is 0. The molecular weight excluding hydrogens is 445 g/mol. The van der Waals surface area contributed by atoms with Gasteiger partial charge in [0.1, 0.15) is 11.6 Å². The lowest BCUT2D eigenvalue weighted by Crippen LogP contribution is -2.37. The van der Waals surface area contributed by atoms with Gasteiger partial charge in [-0.2, -0.15) is 5.10 Å². The summed E-state index contributed by atoms with van der Waals surface area (Å²) in [4.78, 5) is 2.21. The first-order valence-corrected chi connectivity index (χ1v) is 12.3. The van der Waals surface area contributed by atoms with Gasteiger partial charge in [-0.15, -0.1) is 0 Å². The highest BCUT2D eigenvalue weighted by molar-refractivity contribution is 5.43. The van der Waals surface area contributed by atoms with Crippen molar-refractivity contribution < 1.29 is 19.0 Å². The number of ether oxygens (including phenoxy) is 2. The molecule has 0 aliphatic carbocycles. The van der Waals surface area contributed by atoms with E-state index in [9.17, 15) is 9.50 Å². The van der Waals surface area contributed by atoms with E-state index in [1.165, 1.54) is 12.1 Å². The zero-order valence-corrected chi connectivity index (χ0v) is 21.4. The summed E-state index contributed by atoms with van der Waals surface area (Å²) in [5, 5.41) is 15.4. The first-order valence-electron chi connectivity index (χ1n) is 12.3. The normalized spacial score (nSPS) is 12.6. The fraction of sp³-hybridized carbons (Fsp3) is 0.464. The number of aliphatic hydroxyl groups excluding tert-OH is 1. The molecule has 3 aromatic rings. The maximum Gasteiger partial charge on any atom is 0.227 e. The number of aromatic nitrogens is 2. The van der Waals surface area contributed by atoms with Crippen molar-refractivity contribution in [3.8, 4) is 17.3 Å². The molecule has 1 aromatic heterocycles. The SMILES string of the molecule is Cc1nn(-c2ccccc2)c(Oc2ccc(F)cc2)c1CN(CC(C)C)CC(O)COCC(C)C. The van der Waals surface area contributed by atoms with Crippen LogP contribution in [0.5, 0.6) is 11.6 Å². The summed E-state index contributed by atoms with van der Waals surface area (Å²) in [5.41, 5.74) is 2.64. The van der Waals surface area contributed by atoms with E-state index in [2.05, 4.69) is 32.6 Å². The number of rotatable bonds is 13. The van der Waals surface area contributed by atoms with Crippen LogP contribution in [0.15, 0.2) is 54.6 Å². The average molecular weight is 484 g/mol. The zero-order chi connectivity index (χ0) is 25.4. The molecule has 1 N–H and O–H groups in total. The minimum Gasteiger partial charge on any atom is -0.439 e. The Morgan fingerprint density at radius 1 is 0.943 bits per heavy atom. The predicted octanol–water partition coefficient (Wildman–Crippen LogP) is 5.60. The van der Waals surface area contributed by atoms with Gasteiger partial charge in [-0.1, -0.05) is 45.9 Å². The van der Waals surface area contributed by atoms with E-state index < -0.39 is 6.10 Å². The molecule has 1 unspecified atom stereocenters. The van der Waals surface area contributed by atoms with E-state index in [1.807, 2.05) is 37.3 Å². The van der Waals surface area contributed by atoms with Gasteiger partial charge < -0.3 is 14.6 Å². The molecule has 0 bridgehead atoms. The summed E-state index contributed by atoms with van der Waals surface area (Å²) in [6.45, 7) is 13.2. The fourth-order valence-corrected chi connectivity index (χ4v) is 3.92. The van der Waals surface area contributed by atoms with Crippen molar-refractivity contribution in [2.24, 2.45) is 11.8 Å². The molecule has 0 amide bonds. The minimum atomic E-state index is -0.599. The molecule has 0 aliphatic rings. The van der Waals surface area contributed by atoms with Crippen molar-refractivity contribution in [3.63, 3.8) is 0 Å². The van der Waals surface area contributed by atoms with Gasteiger partial charge in [-0.05, 0) is 55.2 Å². The highest BCUT2D eigenvalue weighted by Gasteiger charge is 2.23. The van der Waals surface area contributed by atoms with Gasteiger partial charge in [0, 0.05) is 26.2 Å². The van der Waals surface area contributed by atoms with Crippen LogP contribution < -0.4 is 4.74 Å². The van der Waals surface area contributed by atoms with Crippen LogP contribution in [0, 0.1) is 24.6 Å². The van der Waals surface area contributed by atoms with Crippen LogP contribution in [0.4, 0.5) is 4.39 Å². The van der Waals surface area contributed by atoms with Crippen LogP contribution in [-0.2, 0) is 11.3 Å². The van der Waals surface area contributed by atoms with Crippen LogP contribution in [0.25, 0.3) is 5.69 Å². The Balaban J connectivity index is 1.89. The van der Waals surface area contributed by atoms with Gasteiger partial charge in [-0.3, -0.25) is 4.90 Å². The molecule has 190 valence electrons. The van der Waals surface area contributed by atoms with Crippen molar-refractivity contribution in [2.45, 2.75) is 47.3 Å². The molecule has 0 aliphatic heterocycles. The van der Waals surface area contributed by atoms with Crippen molar-refractivity contribution in [1.29, 1.82) is 0 Å². The third-order valence-corrected chi connectivity index (χ3v) is 5.40. The van der Waals surface area contributed by atoms with Gasteiger partial charge in [0.25, 0.3) is 0 Å². The van der Waals surface area contributed by atoms with Crippen LogP contribution in [-0.4, -0.2) is 52.2 Å². The Kier molecular flexibility index (Phi) is 9.83. The van der Waals surface area contributed by atoms with Gasteiger partial charge in [-0.25, -0.2) is 9.07 Å². The topological polar surface area (TPSA) is 59.8 Å². The highest BCUT2D eigenvalue weighted by Crippen LogP contribution is 2.32. The van der Waals surface area contributed by atoms with Crippen molar-refractivity contribution >= 4 is 0 Å². The Morgan fingerprint density at radius 3 is 2.26 bits per heavy atom. The van der Waals surface area contributed by atoms with Crippen LogP contribution in [0.2, 0.25) is 0 Å². The zero-order valence-electron chi connectivity index (χ0n) is 21.4. The van der Waals surface area contributed by atoms with Gasteiger partial charge in [0.05, 0.1) is 29.7 Å². The molecule has 0 spiro atoms. The van der Waals surface area contributed by atoms with Gasteiger partial charge in [0.15, 0.2) is 0 Å². The monoisotopic (exact) mass is 483 g/mol. The molecule has 0 saturated heterocycles. The predicted molar refractivity (Wildman–Crippen MR) is 137 cm³/mol. The fourth-order valence-electron chi connectivity index (χ4n) is 3.92. The number of hydrogen-bond acceptors (Lipinski definition) is 5. The smallest absolute Gasteiger partial charge is 0.227 e. The Hall–Kier alpha value is -2.74. The standard InChI is InChI=1S/C28H38FN3O3/c1-20(2)15-31(16-25(33)19-34-18-21(3)4)17-27-22(5)30-32(24-9-7-6-8-10-24)28(27)35-26-13-11-23(29)12-14-26/h6-14,20-21,25,33H,15-19H2,1-5H3. The summed E-state index contributed by atoms with van der Waals surface area (Å²) in [6.07, 6.45) is -0.599. The van der Waals surface area contributed by atoms with Crippen molar-refractivity contribution in [2.75, 3.05) is 26.3 Å². The number of para-hydroxylation sites is 1. The van der Waals surface area contributed by atoms with E-state index in [0.29, 0.717) is 49.8 Å². The summed E-state index contributed by atoms with van der Waals surface area (Å²) in [6, 6.07) is 15.8. The highest BCUT2D eigenvalue weighted by atomic mass is 19.1. The lowest BCUT2D eigenvalue weighted by atomic mass is 10.1. The third-order valence-electron chi connectivity index (χ3n) is 5.40. The molecule has 6 nitrogen and oxygen atoms in total. The maximum atomic E-state index is 13.5. The molecule has 2 aromatic carbocycles. The summed E-state index contributed by atoms with van der Waals surface area (Å²) in [5.74, 6) is 1.63. The Bertz CT molecular complexity index is 1040. The second kappa shape index (κ2) is 12.8. The molecule has 3 rings (SSSR count). The van der Waals surface area contributed by atoms with Crippen LogP contribution in [0.3, 0.4) is 0 Å². The number of halogens is 1. The van der Waals surface area contributed by atoms with Crippen molar-refractivity contribution in [3.05, 3.63) is 71.7 Å². The number of aliphatic hydroxyl groups is 1. The van der Waals surface area contributed by atoms with E-state index in [1.54, 1.807) is 16.8 Å². The number of hydrogen-bond donors (Lipinski definition) is 1. The molecular formula is C28H38FN3O3. The first kappa shape index (κ1) is 26.9. The van der Waals surface area contributed by atoms with E-state index in [0.717, 1.165) is 23.5 Å². The second-order valence-corrected chi connectivity index (χ2v) is 9.85. The van der Waals surface area contributed by atoms with Gasteiger partial charge >= 0.3 is 0 Å². The molecule has 0 radical (unpaired) electrons. The molecule has 1 atom stereocenters. The molecule has 1 heterocycles. The molecule has 7 heteroatoms. The molecule has 0 fully saturated rings. The second-order valence-electron chi connectivity index (χ2n) is 9.85. The Labute approximate surface area is 208 Å². The van der Waals surface area contributed by atoms with E-state index in [-0.39, 0.29) is 5.82 Å². The lowest BCUT2D eigenvalue weighted by molar-refractivity contribution is 0.00511. The number of aryl methyl sites for hydroxylation is 1. The minimum absolute atomic E-state index is 0.300. The van der Waals surface area contributed by atoms with Crippen molar-refractivity contribution in [1.82, 2.24) is 14.7 Å². The number of benzene rings is 2. The van der Waals surface area contributed by atoms with Crippen LogP contribution in [0.1, 0.15) is 39.0 Å². The summed E-state index contributed by atoms with van der Waals surface area (Å²) in [7, 11) is 0. The van der Waals surface area contributed by atoms with E-state index in [4.69, 9.17) is 14.6 Å². The number of nitrogens with zero attached hydrogens (tertiary/aromatic N) is 3. The third kappa shape index (κ3) is 8.16. The first-order chi connectivity index (χ1) is 16.7. The Morgan fingerprint density at radius 2 is 1.63 bits per heavy atom. The average Bonchev–Trinajstić information content (AvgIpc) is 3.10. The maximum absolute atomic E-state index is 13.5. The summed E-state index contributed by atoms with van der Waals surface area (Å²) < 4.78 is 27.2. The quantitative estimate of drug-likeness (QED) is 0.343. The molecule has 0 saturated carbocycles. The largest absolute Gasteiger partial charge is 0.439 e. The van der Waals surface area contributed by atoms with Gasteiger partial charge in [0.2, 0.25) is 5.88 Å².